The molecule has 1 fully saturated rings. The van der Waals surface area contributed by atoms with Gasteiger partial charge in [0.05, 0.1) is 6.54 Å². The Morgan fingerprint density at radius 3 is 2.59 bits per heavy atom. The van der Waals surface area contributed by atoms with Crippen LogP contribution in [0.4, 0.5) is 0 Å². The van der Waals surface area contributed by atoms with Crippen LogP contribution in [0.5, 0.6) is 0 Å². The highest BCUT2D eigenvalue weighted by Gasteiger charge is 2.24. The number of hydrogen-bond acceptors (Lipinski definition) is 3. The third-order valence-corrected chi connectivity index (χ3v) is 2.69. The van der Waals surface area contributed by atoms with Gasteiger partial charge in [-0.1, -0.05) is 0 Å². The van der Waals surface area contributed by atoms with Crippen LogP contribution in [0.2, 0.25) is 0 Å². The maximum atomic E-state index is 11.6. The van der Waals surface area contributed by atoms with Gasteiger partial charge in [0, 0.05) is 27.1 Å². The number of carbonyl (C=O) groups is 3. The Kier molecular flexibility index (Phi) is 4.48. The van der Waals surface area contributed by atoms with E-state index in [0.717, 1.165) is 6.42 Å². The van der Waals surface area contributed by atoms with Gasteiger partial charge >= 0.3 is 0 Å². The van der Waals surface area contributed by atoms with Gasteiger partial charge in [0.25, 0.3) is 0 Å². The normalized spacial score (nSPS) is 16.9. The lowest BCUT2D eigenvalue weighted by Crippen LogP contribution is -2.47. The van der Waals surface area contributed by atoms with E-state index in [1.54, 1.807) is 21.0 Å². The topological polar surface area (TPSA) is 69.7 Å². The standard InChI is InChI=1S/C11H19N3O3/c1-8(11(17)13(2)3)12-9(15)7-14-6-4-5-10(14)16/h8H,4-7H2,1-3H3,(H,12,15)/t8-/m0/s1. The molecule has 1 aliphatic rings. The zero-order chi connectivity index (χ0) is 13.0. The number of carbonyl (C=O) groups excluding carboxylic acids is 3. The summed E-state index contributed by atoms with van der Waals surface area (Å²) in [5.74, 6) is -0.444. The summed E-state index contributed by atoms with van der Waals surface area (Å²) in [6, 6.07) is -0.560. The van der Waals surface area contributed by atoms with Crippen LogP contribution < -0.4 is 5.32 Å². The molecule has 0 aromatic heterocycles. The van der Waals surface area contributed by atoms with Crippen LogP contribution in [-0.4, -0.2) is 60.7 Å². The number of rotatable bonds is 4. The highest BCUT2D eigenvalue weighted by Crippen LogP contribution is 2.08. The molecule has 0 aromatic carbocycles. The first kappa shape index (κ1) is 13.5. The van der Waals surface area contributed by atoms with E-state index in [2.05, 4.69) is 5.32 Å². The van der Waals surface area contributed by atoms with Crippen molar-refractivity contribution in [2.24, 2.45) is 0 Å². The predicted octanol–water partition coefficient (Wildman–Crippen LogP) is -0.798. The minimum atomic E-state index is -0.560. The maximum Gasteiger partial charge on any atom is 0.244 e. The van der Waals surface area contributed by atoms with Gasteiger partial charge in [-0.05, 0) is 13.3 Å². The predicted molar refractivity (Wildman–Crippen MR) is 62.1 cm³/mol. The molecule has 0 bridgehead atoms. The lowest BCUT2D eigenvalue weighted by Gasteiger charge is -2.20. The summed E-state index contributed by atoms with van der Waals surface area (Å²) in [5, 5.41) is 2.58. The minimum Gasteiger partial charge on any atom is -0.347 e. The number of likely N-dealkylation sites (N-methyl/N-ethyl adjacent to an activating group) is 1. The summed E-state index contributed by atoms with van der Waals surface area (Å²) in [7, 11) is 3.27. The molecular weight excluding hydrogens is 222 g/mol. The van der Waals surface area contributed by atoms with Gasteiger partial charge in [0.15, 0.2) is 0 Å². The van der Waals surface area contributed by atoms with Crippen LogP contribution in [0.1, 0.15) is 19.8 Å². The third kappa shape index (κ3) is 3.72. The number of likely N-dealkylation sites (tertiary alicyclic amines) is 1. The van der Waals surface area contributed by atoms with E-state index in [4.69, 9.17) is 0 Å². The molecule has 0 saturated carbocycles. The quantitative estimate of drug-likeness (QED) is 0.700. The average Bonchev–Trinajstić information content (AvgIpc) is 2.62. The van der Waals surface area contributed by atoms with Crippen molar-refractivity contribution < 1.29 is 14.4 Å². The summed E-state index contributed by atoms with van der Waals surface area (Å²) >= 11 is 0. The van der Waals surface area contributed by atoms with Gasteiger partial charge in [0.2, 0.25) is 17.7 Å². The second-order valence-corrected chi connectivity index (χ2v) is 4.44. The van der Waals surface area contributed by atoms with Crippen molar-refractivity contribution in [2.45, 2.75) is 25.8 Å². The van der Waals surface area contributed by atoms with E-state index in [0.29, 0.717) is 13.0 Å². The van der Waals surface area contributed by atoms with Gasteiger partial charge in [-0.25, -0.2) is 0 Å². The zero-order valence-corrected chi connectivity index (χ0v) is 10.5. The molecule has 1 aliphatic heterocycles. The molecule has 1 N–H and O–H groups in total. The van der Waals surface area contributed by atoms with E-state index in [1.807, 2.05) is 0 Å². The first-order valence-electron chi connectivity index (χ1n) is 5.70. The molecule has 1 atom stereocenters. The van der Waals surface area contributed by atoms with Crippen LogP contribution in [0.15, 0.2) is 0 Å². The Labute approximate surface area is 101 Å². The van der Waals surface area contributed by atoms with Crippen molar-refractivity contribution in [3.63, 3.8) is 0 Å². The van der Waals surface area contributed by atoms with Crippen LogP contribution in [0, 0.1) is 0 Å². The van der Waals surface area contributed by atoms with Crippen molar-refractivity contribution in [2.75, 3.05) is 27.2 Å². The molecule has 96 valence electrons. The Hall–Kier alpha value is -1.59. The fourth-order valence-electron chi connectivity index (χ4n) is 1.78. The van der Waals surface area contributed by atoms with Gasteiger partial charge < -0.3 is 15.1 Å². The van der Waals surface area contributed by atoms with Crippen molar-refractivity contribution in [3.05, 3.63) is 0 Å². The first-order chi connectivity index (χ1) is 7.91. The van der Waals surface area contributed by atoms with Gasteiger partial charge in [-0.3, -0.25) is 14.4 Å². The smallest absolute Gasteiger partial charge is 0.244 e. The molecular formula is C11H19N3O3. The molecule has 1 saturated heterocycles. The van der Waals surface area contributed by atoms with E-state index in [9.17, 15) is 14.4 Å². The number of hydrogen-bond donors (Lipinski definition) is 1. The Morgan fingerprint density at radius 2 is 2.12 bits per heavy atom. The number of amides is 3. The summed E-state index contributed by atoms with van der Waals surface area (Å²) < 4.78 is 0. The summed E-state index contributed by atoms with van der Waals surface area (Å²) in [5.41, 5.74) is 0. The zero-order valence-electron chi connectivity index (χ0n) is 10.5. The van der Waals surface area contributed by atoms with Crippen LogP contribution in [0.25, 0.3) is 0 Å². The Bertz CT molecular complexity index is 328. The molecule has 1 rings (SSSR count). The fourth-order valence-corrected chi connectivity index (χ4v) is 1.78. The molecule has 0 aromatic rings. The van der Waals surface area contributed by atoms with Crippen molar-refractivity contribution in [1.82, 2.24) is 15.1 Å². The summed E-state index contributed by atoms with van der Waals surface area (Å²) in [4.78, 5) is 37.4. The highest BCUT2D eigenvalue weighted by molar-refractivity contribution is 5.90. The van der Waals surface area contributed by atoms with Gasteiger partial charge in [0.1, 0.15) is 6.04 Å². The Morgan fingerprint density at radius 1 is 1.47 bits per heavy atom. The third-order valence-electron chi connectivity index (χ3n) is 2.69. The maximum absolute atomic E-state index is 11.6. The first-order valence-corrected chi connectivity index (χ1v) is 5.70. The van der Waals surface area contributed by atoms with Crippen LogP contribution in [-0.2, 0) is 14.4 Å². The van der Waals surface area contributed by atoms with E-state index in [-0.39, 0.29) is 24.3 Å². The molecule has 0 unspecified atom stereocenters. The van der Waals surface area contributed by atoms with Crippen LogP contribution >= 0.6 is 0 Å². The number of nitrogens with one attached hydrogen (secondary N) is 1. The molecule has 0 aliphatic carbocycles. The SMILES string of the molecule is C[C@H](NC(=O)CN1CCCC1=O)C(=O)N(C)C. The minimum absolute atomic E-state index is 0.00624. The lowest BCUT2D eigenvalue weighted by molar-refractivity contribution is -0.136. The monoisotopic (exact) mass is 241 g/mol. The average molecular weight is 241 g/mol. The molecule has 6 nitrogen and oxygen atoms in total. The van der Waals surface area contributed by atoms with Crippen molar-refractivity contribution in [3.8, 4) is 0 Å². The van der Waals surface area contributed by atoms with E-state index < -0.39 is 6.04 Å². The summed E-state index contributed by atoms with van der Waals surface area (Å²) in [6.07, 6.45) is 1.32. The largest absolute Gasteiger partial charge is 0.347 e. The fraction of sp³-hybridized carbons (Fsp3) is 0.727. The molecule has 0 radical (unpaired) electrons. The Balaban J connectivity index is 2.39. The lowest BCUT2D eigenvalue weighted by atomic mass is 10.3. The second-order valence-electron chi connectivity index (χ2n) is 4.44. The summed E-state index contributed by atoms with van der Waals surface area (Å²) in [6.45, 7) is 2.30. The molecule has 1 heterocycles. The highest BCUT2D eigenvalue weighted by atomic mass is 16.2. The second kappa shape index (κ2) is 5.65. The molecule has 0 spiro atoms. The van der Waals surface area contributed by atoms with E-state index >= 15 is 0 Å². The molecule has 3 amide bonds. The van der Waals surface area contributed by atoms with Gasteiger partial charge in [-0.15, -0.1) is 0 Å². The molecule has 6 heteroatoms. The van der Waals surface area contributed by atoms with E-state index in [1.165, 1.54) is 9.80 Å². The van der Waals surface area contributed by atoms with Gasteiger partial charge in [-0.2, -0.15) is 0 Å². The van der Waals surface area contributed by atoms with Crippen molar-refractivity contribution >= 4 is 17.7 Å². The van der Waals surface area contributed by atoms with Crippen molar-refractivity contribution in [1.29, 1.82) is 0 Å². The number of nitrogens with zero attached hydrogens (tertiary/aromatic N) is 2. The van der Waals surface area contributed by atoms with Crippen LogP contribution in [0.3, 0.4) is 0 Å². The molecule has 17 heavy (non-hydrogen) atoms.